The topological polar surface area (TPSA) is 66.4 Å². The summed E-state index contributed by atoms with van der Waals surface area (Å²) >= 11 is 0. The molecule has 1 atom stereocenters. The number of aryl methyl sites for hydroxylation is 1. The Morgan fingerprint density at radius 3 is 2.67 bits per heavy atom. The molecule has 132 valence electrons. The largest absolute Gasteiger partial charge is 0.343 e. The van der Waals surface area contributed by atoms with Crippen LogP contribution >= 0.6 is 0 Å². The highest BCUT2D eigenvalue weighted by Crippen LogP contribution is 2.22. The summed E-state index contributed by atoms with van der Waals surface area (Å²) in [6.07, 6.45) is 2.89. The zero-order chi connectivity index (χ0) is 17.9. The summed E-state index contributed by atoms with van der Waals surface area (Å²) in [6.45, 7) is 7.32. The van der Waals surface area contributed by atoms with Gasteiger partial charge in [-0.1, -0.05) is 13.8 Å². The number of piperidine rings is 1. The first-order valence-corrected chi connectivity index (χ1v) is 8.63. The van der Waals surface area contributed by atoms with Crippen LogP contribution in [-0.2, 0) is 11.2 Å². The zero-order valence-corrected chi connectivity index (χ0v) is 15.4. The van der Waals surface area contributed by atoms with Crippen molar-refractivity contribution < 1.29 is 9.59 Å². The van der Waals surface area contributed by atoms with Crippen molar-refractivity contribution in [1.29, 1.82) is 0 Å². The van der Waals surface area contributed by atoms with Crippen molar-refractivity contribution in [3.8, 4) is 0 Å². The maximum Gasteiger partial charge on any atom is 0.272 e. The van der Waals surface area contributed by atoms with Crippen LogP contribution in [0, 0.1) is 18.8 Å². The van der Waals surface area contributed by atoms with Gasteiger partial charge in [-0.25, -0.2) is 9.97 Å². The van der Waals surface area contributed by atoms with Gasteiger partial charge in [0.15, 0.2) is 0 Å². The molecule has 1 unspecified atom stereocenters. The lowest BCUT2D eigenvalue weighted by Gasteiger charge is -2.33. The minimum Gasteiger partial charge on any atom is -0.343 e. The quantitative estimate of drug-likeness (QED) is 0.845. The van der Waals surface area contributed by atoms with Crippen LogP contribution in [0.15, 0.2) is 6.07 Å². The van der Waals surface area contributed by atoms with E-state index in [1.54, 1.807) is 20.2 Å². The van der Waals surface area contributed by atoms with Gasteiger partial charge in [-0.2, -0.15) is 0 Å². The van der Waals surface area contributed by atoms with Gasteiger partial charge in [0.05, 0.1) is 0 Å². The molecule has 6 heteroatoms. The van der Waals surface area contributed by atoms with E-state index in [9.17, 15) is 9.59 Å². The standard InChI is InChI=1S/C18H28N4O2/c1-12(2)17(23)22-8-6-7-14(11-22)9-15-10-16(18(24)21(4)5)20-13(3)19-15/h10,12,14H,6-9,11H2,1-5H3. The van der Waals surface area contributed by atoms with E-state index in [0.717, 1.165) is 38.0 Å². The number of carbonyl (C=O) groups excluding carboxylic acids is 2. The molecule has 6 nitrogen and oxygen atoms in total. The third-order valence-corrected chi connectivity index (χ3v) is 4.34. The van der Waals surface area contributed by atoms with E-state index in [2.05, 4.69) is 9.97 Å². The molecule has 1 aromatic rings. The van der Waals surface area contributed by atoms with Gasteiger partial charge < -0.3 is 9.80 Å². The predicted octanol–water partition coefficient (Wildman–Crippen LogP) is 1.92. The molecule has 1 aliphatic rings. The number of rotatable bonds is 4. The van der Waals surface area contributed by atoms with Crippen LogP contribution in [0.4, 0.5) is 0 Å². The molecule has 2 amide bonds. The van der Waals surface area contributed by atoms with E-state index in [0.29, 0.717) is 17.4 Å². The molecule has 0 aliphatic carbocycles. The van der Waals surface area contributed by atoms with Gasteiger partial charge in [-0.15, -0.1) is 0 Å². The molecule has 24 heavy (non-hydrogen) atoms. The van der Waals surface area contributed by atoms with Gasteiger partial charge in [0.25, 0.3) is 5.91 Å². The van der Waals surface area contributed by atoms with Crippen LogP contribution in [0.5, 0.6) is 0 Å². The van der Waals surface area contributed by atoms with Gasteiger partial charge in [-0.05, 0) is 38.2 Å². The summed E-state index contributed by atoms with van der Waals surface area (Å²) in [7, 11) is 3.44. The third kappa shape index (κ3) is 4.52. The number of likely N-dealkylation sites (tertiary alicyclic amines) is 1. The molecule has 0 bridgehead atoms. The van der Waals surface area contributed by atoms with Gasteiger partial charge in [0.1, 0.15) is 11.5 Å². The average Bonchev–Trinajstić information content (AvgIpc) is 2.52. The van der Waals surface area contributed by atoms with Gasteiger partial charge >= 0.3 is 0 Å². The van der Waals surface area contributed by atoms with E-state index in [-0.39, 0.29) is 17.7 Å². The first kappa shape index (κ1) is 18.4. The summed E-state index contributed by atoms with van der Waals surface area (Å²) in [5.41, 5.74) is 1.32. The monoisotopic (exact) mass is 332 g/mol. The molecule has 1 fully saturated rings. The van der Waals surface area contributed by atoms with E-state index < -0.39 is 0 Å². The lowest BCUT2D eigenvalue weighted by Crippen LogP contribution is -2.42. The Hall–Kier alpha value is -1.98. The Bertz CT molecular complexity index is 613. The summed E-state index contributed by atoms with van der Waals surface area (Å²) in [5.74, 6) is 1.15. The SMILES string of the molecule is Cc1nc(CC2CCCN(C(=O)C(C)C)C2)cc(C(=O)N(C)C)n1. The molecule has 1 aliphatic heterocycles. The Kier molecular flexibility index (Phi) is 5.91. The fraction of sp³-hybridized carbons (Fsp3) is 0.667. The van der Waals surface area contributed by atoms with Crippen LogP contribution in [0.25, 0.3) is 0 Å². The second kappa shape index (κ2) is 7.73. The van der Waals surface area contributed by atoms with Crippen molar-refractivity contribution >= 4 is 11.8 Å². The van der Waals surface area contributed by atoms with Crippen LogP contribution in [0.2, 0.25) is 0 Å². The lowest BCUT2D eigenvalue weighted by molar-refractivity contribution is -0.136. The average molecular weight is 332 g/mol. The highest BCUT2D eigenvalue weighted by molar-refractivity contribution is 5.92. The third-order valence-electron chi connectivity index (χ3n) is 4.34. The van der Waals surface area contributed by atoms with Crippen molar-refractivity contribution in [1.82, 2.24) is 19.8 Å². The molecule has 0 N–H and O–H groups in total. The molecule has 1 saturated heterocycles. The number of nitrogens with zero attached hydrogens (tertiary/aromatic N) is 4. The Morgan fingerprint density at radius 2 is 2.04 bits per heavy atom. The van der Waals surface area contributed by atoms with Crippen molar-refractivity contribution in [2.75, 3.05) is 27.2 Å². The fourth-order valence-corrected chi connectivity index (χ4v) is 3.17. The predicted molar refractivity (Wildman–Crippen MR) is 92.6 cm³/mol. The number of amides is 2. The molecular weight excluding hydrogens is 304 g/mol. The summed E-state index contributed by atoms with van der Waals surface area (Å²) < 4.78 is 0. The first-order valence-electron chi connectivity index (χ1n) is 8.63. The summed E-state index contributed by atoms with van der Waals surface area (Å²) in [5, 5.41) is 0. The molecule has 2 heterocycles. The molecule has 0 radical (unpaired) electrons. The number of carbonyl (C=O) groups is 2. The lowest BCUT2D eigenvalue weighted by atomic mass is 9.92. The fourth-order valence-electron chi connectivity index (χ4n) is 3.17. The minimum absolute atomic E-state index is 0.0364. The second-order valence-corrected chi connectivity index (χ2v) is 7.14. The Balaban J connectivity index is 2.10. The molecule has 0 spiro atoms. The van der Waals surface area contributed by atoms with Crippen LogP contribution in [-0.4, -0.2) is 58.8 Å². The van der Waals surface area contributed by atoms with E-state index in [1.807, 2.05) is 25.7 Å². The number of hydrogen-bond acceptors (Lipinski definition) is 4. The van der Waals surface area contributed by atoms with Gasteiger partial charge in [0.2, 0.25) is 5.91 Å². The zero-order valence-electron chi connectivity index (χ0n) is 15.4. The maximum atomic E-state index is 12.2. The molecule has 0 aromatic carbocycles. The van der Waals surface area contributed by atoms with E-state index in [4.69, 9.17) is 0 Å². The van der Waals surface area contributed by atoms with Crippen LogP contribution in [0.3, 0.4) is 0 Å². The molecule has 0 saturated carbocycles. The first-order chi connectivity index (χ1) is 11.3. The highest BCUT2D eigenvalue weighted by atomic mass is 16.2. The van der Waals surface area contributed by atoms with Crippen molar-refractivity contribution in [2.45, 2.75) is 40.0 Å². The van der Waals surface area contributed by atoms with Crippen molar-refractivity contribution in [3.63, 3.8) is 0 Å². The highest BCUT2D eigenvalue weighted by Gasteiger charge is 2.26. The number of aromatic nitrogens is 2. The van der Waals surface area contributed by atoms with Crippen molar-refractivity contribution in [3.05, 3.63) is 23.3 Å². The summed E-state index contributed by atoms with van der Waals surface area (Å²) in [4.78, 5) is 36.6. The van der Waals surface area contributed by atoms with Crippen LogP contribution < -0.4 is 0 Å². The Morgan fingerprint density at radius 1 is 1.33 bits per heavy atom. The van der Waals surface area contributed by atoms with Gasteiger partial charge in [-0.3, -0.25) is 9.59 Å². The van der Waals surface area contributed by atoms with E-state index >= 15 is 0 Å². The molecule has 2 rings (SSSR count). The second-order valence-electron chi connectivity index (χ2n) is 7.14. The van der Waals surface area contributed by atoms with Gasteiger partial charge in [0, 0.05) is 38.8 Å². The molecule has 1 aromatic heterocycles. The van der Waals surface area contributed by atoms with Crippen LogP contribution in [0.1, 0.15) is 48.7 Å². The maximum absolute atomic E-state index is 12.2. The normalized spacial score (nSPS) is 17.9. The van der Waals surface area contributed by atoms with Crippen molar-refractivity contribution in [2.24, 2.45) is 11.8 Å². The summed E-state index contributed by atoms with van der Waals surface area (Å²) in [6, 6.07) is 1.79. The number of hydrogen-bond donors (Lipinski definition) is 0. The molecular formula is C18H28N4O2. The minimum atomic E-state index is -0.109. The smallest absolute Gasteiger partial charge is 0.272 e. The van der Waals surface area contributed by atoms with E-state index in [1.165, 1.54) is 4.90 Å². The Labute approximate surface area is 144 Å².